The summed E-state index contributed by atoms with van der Waals surface area (Å²) in [7, 11) is 0. The Kier molecular flexibility index (Phi) is 15.6. The lowest BCUT2D eigenvalue weighted by atomic mass is 9.79. The Morgan fingerprint density at radius 3 is 2.06 bits per heavy atom. The van der Waals surface area contributed by atoms with E-state index in [9.17, 15) is 27.6 Å². The summed E-state index contributed by atoms with van der Waals surface area (Å²) >= 11 is 0. The van der Waals surface area contributed by atoms with Crippen molar-refractivity contribution in [3.05, 3.63) is 54.4 Å². The summed E-state index contributed by atoms with van der Waals surface area (Å²) < 4.78 is 31.7. The minimum Gasteiger partial charge on any atom is -0.475 e. The van der Waals surface area contributed by atoms with Gasteiger partial charge in [-0.2, -0.15) is 13.2 Å². The van der Waals surface area contributed by atoms with Crippen LogP contribution < -0.4 is 20.9 Å². The lowest BCUT2D eigenvalue weighted by Gasteiger charge is -2.36. The quantitative estimate of drug-likeness (QED) is 0.189. The van der Waals surface area contributed by atoms with E-state index in [0.717, 1.165) is 82.0 Å². The second-order valence-corrected chi connectivity index (χ2v) is 12.2. The molecular weight excluding hydrogens is 629 g/mol. The first-order valence-electron chi connectivity index (χ1n) is 16.6. The Bertz CT molecular complexity index is 1300. The van der Waals surface area contributed by atoms with Crippen LogP contribution in [0.1, 0.15) is 63.9 Å². The second kappa shape index (κ2) is 19.6. The van der Waals surface area contributed by atoms with Crippen LogP contribution in [-0.4, -0.2) is 84.1 Å². The zero-order valence-corrected chi connectivity index (χ0v) is 27.4. The highest BCUT2D eigenvalue weighted by Gasteiger charge is 2.38. The predicted octanol–water partition coefficient (Wildman–Crippen LogP) is 4.59. The fourth-order valence-electron chi connectivity index (χ4n) is 5.79. The average molecular weight is 677 g/mol. The number of rotatable bonds is 12. The van der Waals surface area contributed by atoms with Gasteiger partial charge in [-0.05, 0) is 74.4 Å². The Hall–Kier alpha value is -4.20. The number of carboxylic acid groups (broad SMARTS) is 1. The maximum atomic E-state index is 12.7. The van der Waals surface area contributed by atoms with Gasteiger partial charge in [0.15, 0.2) is 0 Å². The number of benzene rings is 1. The van der Waals surface area contributed by atoms with Crippen molar-refractivity contribution in [2.24, 2.45) is 11.8 Å². The van der Waals surface area contributed by atoms with Gasteiger partial charge in [-0.15, -0.1) is 0 Å². The van der Waals surface area contributed by atoms with E-state index < -0.39 is 24.0 Å². The fraction of sp³-hybridized carbons (Fsp3) is 0.559. The van der Waals surface area contributed by atoms with E-state index in [1.807, 2.05) is 48.8 Å². The Labute approximate surface area is 279 Å². The zero-order valence-electron chi connectivity index (χ0n) is 27.4. The summed E-state index contributed by atoms with van der Waals surface area (Å²) in [5, 5.41) is 15.6. The number of halogens is 3. The number of nitrogens with one attached hydrogen (secondary N) is 3. The molecule has 1 aromatic carbocycles. The third-order valence-corrected chi connectivity index (χ3v) is 8.64. The van der Waals surface area contributed by atoms with E-state index in [2.05, 4.69) is 37.7 Å². The third-order valence-electron chi connectivity index (χ3n) is 8.64. The van der Waals surface area contributed by atoms with Gasteiger partial charge in [0.1, 0.15) is 0 Å². The molecule has 48 heavy (non-hydrogen) atoms. The van der Waals surface area contributed by atoms with Gasteiger partial charge in [-0.25, -0.2) is 4.79 Å². The van der Waals surface area contributed by atoms with Gasteiger partial charge in [0, 0.05) is 69.0 Å². The molecule has 2 fully saturated rings. The molecule has 0 bridgehead atoms. The van der Waals surface area contributed by atoms with E-state index >= 15 is 0 Å². The summed E-state index contributed by atoms with van der Waals surface area (Å²) in [6, 6.07) is 11.5. The molecule has 2 heterocycles. The molecule has 14 heteroatoms. The minimum atomic E-state index is -5.08. The molecule has 264 valence electrons. The van der Waals surface area contributed by atoms with Crippen LogP contribution in [-0.2, 0) is 25.7 Å². The summed E-state index contributed by atoms with van der Waals surface area (Å²) in [6.07, 6.45) is 7.39. The van der Waals surface area contributed by atoms with Crippen LogP contribution in [0, 0.1) is 11.8 Å². The number of piperazine rings is 1. The molecule has 1 saturated carbocycles. The highest BCUT2D eigenvalue weighted by molar-refractivity contribution is 6.35. The van der Waals surface area contributed by atoms with E-state index in [0.29, 0.717) is 6.54 Å². The lowest BCUT2D eigenvalue weighted by molar-refractivity contribution is -0.192. The van der Waals surface area contributed by atoms with Crippen LogP contribution >= 0.6 is 0 Å². The number of carboxylic acids is 1. The van der Waals surface area contributed by atoms with E-state index in [1.54, 1.807) is 0 Å². The number of amides is 3. The topological polar surface area (TPSA) is 144 Å². The van der Waals surface area contributed by atoms with E-state index in [1.165, 1.54) is 24.9 Å². The number of aromatic nitrogens is 1. The number of carbonyl (C=O) groups is 4. The molecule has 2 aliphatic rings. The molecule has 11 nitrogen and oxygen atoms in total. The second-order valence-electron chi connectivity index (χ2n) is 12.2. The monoisotopic (exact) mass is 676 g/mol. The van der Waals surface area contributed by atoms with Crippen molar-refractivity contribution in [2.45, 2.75) is 71.0 Å². The van der Waals surface area contributed by atoms with E-state index in [4.69, 9.17) is 9.90 Å². The fourth-order valence-corrected chi connectivity index (χ4v) is 5.79. The van der Waals surface area contributed by atoms with Crippen LogP contribution in [0.2, 0.25) is 0 Å². The molecule has 0 unspecified atom stereocenters. The molecule has 1 aromatic heterocycles. The number of hydrogen-bond donors (Lipinski definition) is 4. The average Bonchev–Trinajstić information content (AvgIpc) is 3.09. The third kappa shape index (κ3) is 13.5. The molecule has 2 aromatic rings. The normalized spacial score (nSPS) is 18.2. The maximum Gasteiger partial charge on any atom is 0.490 e. The smallest absolute Gasteiger partial charge is 0.475 e. The summed E-state index contributed by atoms with van der Waals surface area (Å²) in [6.45, 7) is 7.70. The van der Waals surface area contributed by atoms with Crippen LogP contribution in [0.3, 0.4) is 0 Å². The SMILES string of the molecule is CCCCC1CCC(C(=O)Nc2ccc(CNC(=O)C(=O)NCCCN3CCN(c4ccncc4)CC3)cc2)CC1.O=C(O)C(F)(F)F. The van der Waals surface area contributed by atoms with Crippen molar-refractivity contribution in [1.29, 1.82) is 0 Å². The number of aliphatic carboxylic acids is 1. The van der Waals surface area contributed by atoms with Gasteiger partial charge in [0.05, 0.1) is 0 Å². The van der Waals surface area contributed by atoms with Crippen LogP contribution in [0.25, 0.3) is 0 Å². The number of pyridine rings is 1. The molecule has 4 N–H and O–H groups in total. The summed E-state index contributed by atoms with van der Waals surface area (Å²) in [4.78, 5) is 54.9. The highest BCUT2D eigenvalue weighted by Crippen LogP contribution is 2.32. The standard InChI is InChI=1S/C32H46N6O3.C2HF3O2/c1-2-3-5-25-6-10-27(11-7-25)30(39)36-28-12-8-26(9-13-28)24-35-32(41)31(40)34-16-4-19-37-20-22-38(23-21-37)29-14-17-33-18-15-29;3-2(4,5)1(6)7/h8-9,12-15,17-18,25,27H,2-7,10-11,16,19-24H2,1H3,(H,34,40)(H,35,41)(H,36,39);(H,6,7). The molecule has 1 aliphatic heterocycles. The predicted molar refractivity (Wildman–Crippen MR) is 176 cm³/mol. The lowest BCUT2D eigenvalue weighted by Crippen LogP contribution is -2.47. The number of nitrogens with zero attached hydrogens (tertiary/aromatic N) is 3. The van der Waals surface area contributed by atoms with Crippen molar-refractivity contribution in [1.82, 2.24) is 20.5 Å². The maximum absolute atomic E-state index is 12.7. The first kappa shape index (κ1) is 38.2. The summed E-state index contributed by atoms with van der Waals surface area (Å²) in [5.41, 5.74) is 2.83. The molecule has 0 radical (unpaired) electrons. The number of unbranched alkanes of at least 4 members (excludes halogenated alkanes) is 1. The molecule has 1 saturated heterocycles. The zero-order chi connectivity index (χ0) is 34.9. The van der Waals surface area contributed by atoms with Crippen molar-refractivity contribution in [3.63, 3.8) is 0 Å². The van der Waals surface area contributed by atoms with Crippen molar-refractivity contribution in [2.75, 3.05) is 49.5 Å². The number of hydrogen-bond acceptors (Lipinski definition) is 7. The van der Waals surface area contributed by atoms with Crippen LogP contribution in [0.5, 0.6) is 0 Å². The number of anilines is 2. The van der Waals surface area contributed by atoms with Gasteiger partial charge >= 0.3 is 24.0 Å². The van der Waals surface area contributed by atoms with Gasteiger partial charge in [-0.1, -0.05) is 38.3 Å². The number of alkyl halides is 3. The Morgan fingerprint density at radius 1 is 0.875 bits per heavy atom. The molecule has 1 aliphatic carbocycles. The molecule has 0 atom stereocenters. The molecule has 0 spiro atoms. The van der Waals surface area contributed by atoms with Gasteiger partial charge in [-0.3, -0.25) is 24.3 Å². The van der Waals surface area contributed by atoms with E-state index in [-0.39, 0.29) is 18.4 Å². The van der Waals surface area contributed by atoms with Gasteiger partial charge < -0.3 is 26.0 Å². The Balaban J connectivity index is 0.000000804. The molecular formula is C34H47F3N6O5. The van der Waals surface area contributed by atoms with Gasteiger partial charge in [0.2, 0.25) is 5.91 Å². The van der Waals surface area contributed by atoms with Crippen LogP contribution in [0.15, 0.2) is 48.8 Å². The Morgan fingerprint density at radius 2 is 1.48 bits per heavy atom. The molecule has 4 rings (SSSR count). The first-order chi connectivity index (χ1) is 23.0. The van der Waals surface area contributed by atoms with Crippen molar-refractivity contribution >= 4 is 35.1 Å². The highest BCUT2D eigenvalue weighted by atomic mass is 19.4. The molecule has 3 amide bonds. The summed E-state index contributed by atoms with van der Waals surface area (Å²) in [5.74, 6) is -3.03. The van der Waals surface area contributed by atoms with Crippen molar-refractivity contribution in [3.8, 4) is 0 Å². The number of carbonyl (C=O) groups excluding carboxylic acids is 3. The van der Waals surface area contributed by atoms with Gasteiger partial charge in [0.25, 0.3) is 0 Å². The largest absolute Gasteiger partial charge is 0.490 e. The first-order valence-corrected chi connectivity index (χ1v) is 16.6. The van der Waals surface area contributed by atoms with Crippen LogP contribution in [0.4, 0.5) is 24.5 Å². The minimum absolute atomic E-state index is 0.0909. The van der Waals surface area contributed by atoms with Crippen molar-refractivity contribution < 1.29 is 37.5 Å².